The standard InChI is InChI=1S/C24H22N2O4S2/c1-16-6-8-17(9-7-16)10-11-19-12-13-23(31-19)32(29,30)26-22(24(27)28)14-18-15-25-21-5-3-2-4-20(18)21/h2-9,13,15,19,22,25-26H,12,14H2,1H3,(H,27,28)/t19?,22-/m1/s1. The number of thioether (sulfide) groups is 1. The van der Waals surface area contributed by atoms with E-state index < -0.39 is 22.0 Å². The van der Waals surface area contributed by atoms with Gasteiger partial charge in [-0.1, -0.05) is 65.6 Å². The van der Waals surface area contributed by atoms with Crippen LogP contribution in [-0.4, -0.2) is 35.8 Å². The van der Waals surface area contributed by atoms with Crippen LogP contribution in [-0.2, 0) is 21.2 Å². The van der Waals surface area contributed by atoms with Gasteiger partial charge in [0.25, 0.3) is 0 Å². The first-order chi connectivity index (χ1) is 15.3. The molecule has 2 heterocycles. The van der Waals surface area contributed by atoms with E-state index in [4.69, 9.17) is 0 Å². The summed E-state index contributed by atoms with van der Waals surface area (Å²) >= 11 is 1.14. The number of carbonyl (C=O) groups is 1. The van der Waals surface area contributed by atoms with E-state index in [1.54, 1.807) is 12.3 Å². The fourth-order valence-electron chi connectivity index (χ4n) is 3.45. The van der Waals surface area contributed by atoms with Crippen LogP contribution in [0, 0.1) is 18.8 Å². The van der Waals surface area contributed by atoms with E-state index in [9.17, 15) is 18.3 Å². The Labute approximate surface area is 191 Å². The minimum atomic E-state index is -3.97. The monoisotopic (exact) mass is 466 g/mol. The highest BCUT2D eigenvalue weighted by Gasteiger charge is 2.31. The number of hydrogen-bond acceptors (Lipinski definition) is 4. The molecule has 1 aliphatic heterocycles. The first-order valence-corrected chi connectivity index (χ1v) is 12.4. The quantitative estimate of drug-likeness (QED) is 0.480. The van der Waals surface area contributed by atoms with Crippen molar-refractivity contribution in [1.29, 1.82) is 0 Å². The number of carboxylic acid groups (broad SMARTS) is 1. The zero-order valence-corrected chi connectivity index (χ0v) is 19.0. The second-order valence-corrected chi connectivity index (χ2v) is 10.8. The summed E-state index contributed by atoms with van der Waals surface area (Å²) in [5, 5.41) is 10.3. The van der Waals surface area contributed by atoms with Crippen molar-refractivity contribution < 1.29 is 18.3 Å². The van der Waals surface area contributed by atoms with Crippen LogP contribution in [0.3, 0.4) is 0 Å². The number of para-hydroxylation sites is 1. The average Bonchev–Trinajstić information content (AvgIpc) is 3.41. The zero-order valence-electron chi connectivity index (χ0n) is 17.3. The number of aliphatic carboxylic acids is 1. The molecule has 3 N–H and O–H groups in total. The second-order valence-electron chi connectivity index (χ2n) is 7.58. The molecule has 0 saturated heterocycles. The van der Waals surface area contributed by atoms with E-state index in [1.807, 2.05) is 55.5 Å². The van der Waals surface area contributed by atoms with Crippen LogP contribution < -0.4 is 4.72 Å². The maximum Gasteiger partial charge on any atom is 0.322 e. The van der Waals surface area contributed by atoms with E-state index in [0.717, 1.165) is 39.4 Å². The minimum absolute atomic E-state index is 0.0349. The van der Waals surface area contributed by atoms with Crippen molar-refractivity contribution in [3.05, 3.63) is 81.7 Å². The second kappa shape index (κ2) is 9.25. The van der Waals surface area contributed by atoms with Gasteiger partial charge in [0.15, 0.2) is 0 Å². The summed E-state index contributed by atoms with van der Waals surface area (Å²) in [4.78, 5) is 14.9. The van der Waals surface area contributed by atoms with Crippen molar-refractivity contribution in [2.24, 2.45) is 0 Å². The number of benzene rings is 2. The van der Waals surface area contributed by atoms with Gasteiger partial charge in [0.05, 0.1) is 5.25 Å². The number of nitrogens with one attached hydrogen (secondary N) is 2. The third-order valence-corrected chi connectivity index (χ3v) is 8.38. The molecule has 0 fully saturated rings. The molecule has 1 aliphatic rings. The van der Waals surface area contributed by atoms with E-state index in [1.165, 1.54) is 0 Å². The van der Waals surface area contributed by atoms with Gasteiger partial charge in [0.2, 0.25) is 10.0 Å². The van der Waals surface area contributed by atoms with Crippen molar-refractivity contribution in [1.82, 2.24) is 9.71 Å². The zero-order chi connectivity index (χ0) is 22.7. The van der Waals surface area contributed by atoms with Gasteiger partial charge in [-0.05, 0) is 37.1 Å². The molecule has 3 aromatic rings. The molecule has 0 bridgehead atoms. The molecule has 8 heteroatoms. The van der Waals surface area contributed by atoms with Gasteiger partial charge in [0.1, 0.15) is 10.3 Å². The number of fused-ring (bicyclic) bond motifs is 1. The lowest BCUT2D eigenvalue weighted by Gasteiger charge is -2.15. The number of hydrogen-bond donors (Lipinski definition) is 3. The van der Waals surface area contributed by atoms with Crippen molar-refractivity contribution in [3.63, 3.8) is 0 Å². The Morgan fingerprint density at radius 1 is 1.25 bits per heavy atom. The van der Waals surface area contributed by atoms with Gasteiger partial charge in [-0.3, -0.25) is 4.79 Å². The lowest BCUT2D eigenvalue weighted by atomic mass is 10.1. The van der Waals surface area contributed by atoms with Gasteiger partial charge < -0.3 is 10.1 Å². The van der Waals surface area contributed by atoms with Crippen molar-refractivity contribution in [3.8, 4) is 11.8 Å². The number of sulfonamides is 1. The Hall–Kier alpha value is -2.99. The molecule has 4 rings (SSSR count). The maximum absolute atomic E-state index is 12.9. The highest BCUT2D eigenvalue weighted by molar-refractivity contribution is 8.18. The number of aromatic nitrogens is 1. The van der Waals surface area contributed by atoms with E-state index >= 15 is 0 Å². The highest BCUT2D eigenvalue weighted by Crippen LogP contribution is 2.35. The number of carboxylic acids is 1. The normalized spacial score (nSPS) is 16.9. The van der Waals surface area contributed by atoms with Crippen LogP contribution in [0.1, 0.15) is 23.1 Å². The largest absolute Gasteiger partial charge is 0.480 e. The van der Waals surface area contributed by atoms with E-state index in [0.29, 0.717) is 6.42 Å². The Morgan fingerprint density at radius 2 is 2.00 bits per heavy atom. The molecule has 6 nitrogen and oxygen atoms in total. The molecule has 0 saturated carbocycles. The first kappa shape index (κ1) is 22.2. The van der Waals surface area contributed by atoms with Crippen LogP contribution in [0.5, 0.6) is 0 Å². The molecule has 1 unspecified atom stereocenters. The van der Waals surface area contributed by atoms with Crippen LogP contribution in [0.4, 0.5) is 0 Å². The average molecular weight is 467 g/mol. The topological polar surface area (TPSA) is 99.3 Å². The number of aromatic amines is 1. The SMILES string of the molecule is Cc1ccc(C#CC2CC=C(S(=O)(=O)N[C@H](Cc3c[nH]c4ccccc34)C(=O)O)S2)cc1. The van der Waals surface area contributed by atoms with E-state index in [2.05, 4.69) is 21.5 Å². The van der Waals surface area contributed by atoms with Crippen LogP contribution in [0.15, 0.2) is 65.0 Å². The Kier molecular flexibility index (Phi) is 6.42. The summed E-state index contributed by atoms with van der Waals surface area (Å²) in [6.45, 7) is 2.00. The lowest BCUT2D eigenvalue weighted by Crippen LogP contribution is -2.42. The van der Waals surface area contributed by atoms with Gasteiger partial charge >= 0.3 is 5.97 Å². The molecule has 0 aliphatic carbocycles. The Morgan fingerprint density at radius 3 is 2.75 bits per heavy atom. The summed E-state index contributed by atoms with van der Waals surface area (Å²) in [7, 11) is -3.97. The molecule has 2 aromatic carbocycles. The van der Waals surface area contributed by atoms with Crippen LogP contribution in [0.2, 0.25) is 0 Å². The molecular formula is C24H22N2O4S2. The Bertz CT molecular complexity index is 1350. The summed E-state index contributed by atoms with van der Waals surface area (Å²) in [6.07, 6.45) is 3.84. The molecule has 32 heavy (non-hydrogen) atoms. The number of rotatable bonds is 6. The molecule has 0 spiro atoms. The van der Waals surface area contributed by atoms with Crippen molar-refractivity contribution >= 4 is 38.7 Å². The summed E-state index contributed by atoms with van der Waals surface area (Å²) < 4.78 is 28.2. The van der Waals surface area contributed by atoms with E-state index in [-0.39, 0.29) is 15.9 Å². The molecule has 1 aromatic heterocycles. The number of allylic oxidation sites excluding steroid dienone is 1. The number of H-pyrrole nitrogens is 1. The number of aryl methyl sites for hydroxylation is 1. The van der Waals surface area contributed by atoms with Crippen molar-refractivity contribution in [2.45, 2.75) is 31.1 Å². The van der Waals surface area contributed by atoms with Crippen molar-refractivity contribution in [2.75, 3.05) is 0 Å². The fourth-order valence-corrected chi connectivity index (χ4v) is 6.22. The predicted molar refractivity (Wildman–Crippen MR) is 128 cm³/mol. The molecular weight excluding hydrogens is 444 g/mol. The van der Waals surface area contributed by atoms with Gasteiger partial charge in [-0.25, -0.2) is 8.42 Å². The Balaban J connectivity index is 1.44. The highest BCUT2D eigenvalue weighted by atomic mass is 32.3. The predicted octanol–water partition coefficient (Wildman–Crippen LogP) is 3.79. The van der Waals surface area contributed by atoms with Gasteiger partial charge in [0, 0.05) is 29.1 Å². The molecule has 164 valence electrons. The van der Waals surface area contributed by atoms with Crippen LogP contribution >= 0.6 is 11.8 Å². The molecule has 2 atom stereocenters. The minimum Gasteiger partial charge on any atom is -0.480 e. The molecule has 0 radical (unpaired) electrons. The van der Waals surface area contributed by atoms with Crippen LogP contribution in [0.25, 0.3) is 10.9 Å². The van der Waals surface area contributed by atoms with Gasteiger partial charge in [-0.15, -0.1) is 0 Å². The summed E-state index contributed by atoms with van der Waals surface area (Å²) in [6, 6.07) is 14.0. The summed E-state index contributed by atoms with van der Waals surface area (Å²) in [5.74, 6) is 4.95. The lowest BCUT2D eigenvalue weighted by molar-refractivity contribution is -0.138. The van der Waals surface area contributed by atoms with Gasteiger partial charge in [-0.2, -0.15) is 4.72 Å². The first-order valence-electron chi connectivity index (χ1n) is 10.1. The summed E-state index contributed by atoms with van der Waals surface area (Å²) in [5.41, 5.74) is 3.63. The third-order valence-electron chi connectivity index (χ3n) is 5.15. The maximum atomic E-state index is 12.9. The molecule has 0 amide bonds. The fraction of sp³-hybridized carbons (Fsp3) is 0.208. The third kappa shape index (κ3) is 5.07. The smallest absolute Gasteiger partial charge is 0.322 e.